The van der Waals surface area contributed by atoms with Gasteiger partial charge in [0.05, 0.1) is 53.1 Å². The van der Waals surface area contributed by atoms with Gasteiger partial charge in [-0.2, -0.15) is 5.06 Å². The molecule has 1 aliphatic rings. The number of pyridine rings is 1. The van der Waals surface area contributed by atoms with Crippen LogP contribution in [0.2, 0.25) is 0 Å². The fourth-order valence-electron chi connectivity index (χ4n) is 4.29. The second-order valence-corrected chi connectivity index (χ2v) is 8.58. The first-order chi connectivity index (χ1) is 16.9. The molecule has 3 heterocycles. The summed E-state index contributed by atoms with van der Waals surface area (Å²) in [7, 11) is 1.68. The monoisotopic (exact) mass is 470 g/mol. The molecule has 35 heavy (non-hydrogen) atoms. The molecule has 2 aromatic carbocycles. The Morgan fingerprint density at radius 3 is 2.69 bits per heavy atom. The van der Waals surface area contributed by atoms with Crippen molar-refractivity contribution >= 4 is 34.0 Å². The van der Waals surface area contributed by atoms with E-state index >= 15 is 0 Å². The van der Waals surface area contributed by atoms with Gasteiger partial charge in [0.15, 0.2) is 0 Å². The van der Waals surface area contributed by atoms with E-state index in [9.17, 15) is 9.59 Å². The summed E-state index contributed by atoms with van der Waals surface area (Å²) in [5.74, 6) is 0. The lowest BCUT2D eigenvalue weighted by atomic mass is 10.1. The van der Waals surface area contributed by atoms with Crippen LogP contribution in [0.25, 0.3) is 10.9 Å². The molecule has 0 saturated carbocycles. The van der Waals surface area contributed by atoms with Gasteiger partial charge in [-0.25, -0.2) is 9.78 Å². The zero-order valence-corrected chi connectivity index (χ0v) is 19.8. The van der Waals surface area contributed by atoms with E-state index in [1.165, 1.54) is 16.0 Å². The number of nitrogens with one attached hydrogen (secondary N) is 2. The van der Waals surface area contributed by atoms with Crippen LogP contribution in [0.15, 0.2) is 65.8 Å². The van der Waals surface area contributed by atoms with Gasteiger partial charge in [0.2, 0.25) is 0 Å². The molecule has 1 atom stereocenters. The molecule has 1 saturated heterocycles. The molecule has 1 fully saturated rings. The Morgan fingerprint density at radius 1 is 1.09 bits per heavy atom. The maximum absolute atomic E-state index is 13.0. The molecule has 178 valence electrons. The molecule has 0 spiro atoms. The van der Waals surface area contributed by atoms with Gasteiger partial charge in [0, 0.05) is 19.2 Å². The minimum Gasteiger partial charge on any atom is -0.354 e. The minimum atomic E-state index is -0.357. The van der Waals surface area contributed by atoms with Crippen molar-refractivity contribution in [2.75, 3.05) is 17.2 Å². The third-order valence-corrected chi connectivity index (χ3v) is 6.24. The standard InChI is InChI=1S/C26H26N6O3/c1-16-20(9-10-21-24(16)25(33)31(3)15-28-21)30-22-13-19(14-27-17(22)2)29-26(34)32-23(11-12-35-32)18-7-5-4-6-8-18/h4-10,13-15,23,30H,11-12H2,1-3H3,(H,29,34)/t23-/m1/s1. The van der Waals surface area contributed by atoms with Crippen molar-refractivity contribution in [1.82, 2.24) is 19.6 Å². The van der Waals surface area contributed by atoms with Crippen LogP contribution in [0, 0.1) is 13.8 Å². The van der Waals surface area contributed by atoms with E-state index < -0.39 is 0 Å². The number of hydroxylamine groups is 2. The number of hydrogen-bond acceptors (Lipinski definition) is 6. The van der Waals surface area contributed by atoms with Crippen LogP contribution in [-0.2, 0) is 11.9 Å². The first-order valence-corrected chi connectivity index (χ1v) is 11.4. The number of aromatic nitrogens is 3. The third-order valence-electron chi connectivity index (χ3n) is 6.24. The Hall–Kier alpha value is -4.24. The highest BCUT2D eigenvalue weighted by Gasteiger charge is 2.31. The van der Waals surface area contributed by atoms with Gasteiger partial charge < -0.3 is 15.2 Å². The third kappa shape index (κ3) is 4.33. The first-order valence-electron chi connectivity index (χ1n) is 11.4. The largest absolute Gasteiger partial charge is 0.354 e. The highest BCUT2D eigenvalue weighted by atomic mass is 16.7. The summed E-state index contributed by atoms with van der Waals surface area (Å²) in [5, 5.41) is 8.21. The van der Waals surface area contributed by atoms with Crippen LogP contribution in [-0.4, -0.2) is 32.2 Å². The first kappa shape index (κ1) is 22.5. The average molecular weight is 471 g/mol. The predicted octanol–water partition coefficient (Wildman–Crippen LogP) is 4.60. The van der Waals surface area contributed by atoms with Gasteiger partial charge >= 0.3 is 6.03 Å². The number of nitrogens with zero attached hydrogens (tertiary/aromatic N) is 4. The predicted molar refractivity (Wildman–Crippen MR) is 135 cm³/mol. The van der Waals surface area contributed by atoms with Crippen LogP contribution in [0.1, 0.15) is 29.3 Å². The Labute approximate surface area is 202 Å². The van der Waals surface area contributed by atoms with Crippen molar-refractivity contribution < 1.29 is 9.63 Å². The number of hydrogen-bond donors (Lipinski definition) is 2. The van der Waals surface area contributed by atoms with Crippen molar-refractivity contribution in [2.45, 2.75) is 26.3 Å². The highest BCUT2D eigenvalue weighted by molar-refractivity contribution is 5.90. The van der Waals surface area contributed by atoms with Crippen molar-refractivity contribution in [2.24, 2.45) is 7.05 Å². The lowest BCUT2D eigenvalue weighted by Crippen LogP contribution is -2.33. The Balaban J connectivity index is 1.39. The zero-order valence-electron chi connectivity index (χ0n) is 19.8. The second kappa shape index (κ2) is 9.19. The molecule has 0 bridgehead atoms. The Bertz CT molecular complexity index is 1470. The molecular weight excluding hydrogens is 444 g/mol. The molecule has 2 N–H and O–H groups in total. The number of carbonyl (C=O) groups excluding carboxylic acids is 1. The van der Waals surface area contributed by atoms with Crippen LogP contribution >= 0.6 is 0 Å². The minimum absolute atomic E-state index is 0.106. The van der Waals surface area contributed by atoms with Crippen LogP contribution in [0.4, 0.5) is 21.9 Å². The summed E-state index contributed by atoms with van der Waals surface area (Å²) in [5.41, 5.74) is 5.12. The maximum atomic E-state index is 13.0. The van der Waals surface area contributed by atoms with Crippen LogP contribution < -0.4 is 16.2 Å². The van der Waals surface area contributed by atoms with E-state index in [0.29, 0.717) is 28.9 Å². The molecule has 0 radical (unpaired) electrons. The number of aryl methyl sites for hydroxylation is 3. The average Bonchev–Trinajstić information content (AvgIpc) is 3.36. The fraction of sp³-hybridized carbons (Fsp3) is 0.231. The maximum Gasteiger partial charge on any atom is 0.346 e. The number of fused-ring (bicyclic) bond motifs is 1. The van der Waals surface area contributed by atoms with Gasteiger partial charge in [-0.3, -0.25) is 14.6 Å². The van der Waals surface area contributed by atoms with Crippen molar-refractivity contribution in [1.29, 1.82) is 0 Å². The van der Waals surface area contributed by atoms with E-state index in [2.05, 4.69) is 20.6 Å². The molecule has 9 heteroatoms. The highest BCUT2D eigenvalue weighted by Crippen LogP contribution is 2.31. The summed E-state index contributed by atoms with van der Waals surface area (Å²) in [6.45, 7) is 4.23. The smallest absolute Gasteiger partial charge is 0.346 e. The molecule has 0 unspecified atom stereocenters. The lowest BCUT2D eigenvalue weighted by Gasteiger charge is -2.23. The topological polar surface area (TPSA) is 101 Å². The summed E-state index contributed by atoms with van der Waals surface area (Å²) in [6.07, 6.45) is 3.86. The van der Waals surface area contributed by atoms with Crippen molar-refractivity contribution in [3.63, 3.8) is 0 Å². The zero-order chi connectivity index (χ0) is 24.5. The summed E-state index contributed by atoms with van der Waals surface area (Å²) in [4.78, 5) is 40.1. The molecule has 0 aliphatic carbocycles. The molecule has 9 nitrogen and oxygen atoms in total. The second-order valence-electron chi connectivity index (χ2n) is 8.58. The molecular formula is C26H26N6O3. The van der Waals surface area contributed by atoms with E-state index in [0.717, 1.165) is 28.9 Å². The Morgan fingerprint density at radius 2 is 1.89 bits per heavy atom. The van der Waals surface area contributed by atoms with Crippen molar-refractivity contribution in [3.8, 4) is 0 Å². The van der Waals surface area contributed by atoms with Gasteiger partial charge in [0.1, 0.15) is 0 Å². The van der Waals surface area contributed by atoms with Gasteiger partial charge in [-0.15, -0.1) is 0 Å². The van der Waals surface area contributed by atoms with Gasteiger partial charge in [-0.1, -0.05) is 30.3 Å². The molecule has 2 aromatic heterocycles. The van der Waals surface area contributed by atoms with E-state index in [1.54, 1.807) is 13.2 Å². The SMILES string of the molecule is Cc1ncc(NC(=O)N2OCC[C@@H]2c2ccccc2)cc1Nc1ccc2ncn(C)c(=O)c2c1C. The van der Waals surface area contributed by atoms with E-state index in [-0.39, 0.29) is 17.6 Å². The summed E-state index contributed by atoms with van der Waals surface area (Å²) >= 11 is 0. The van der Waals surface area contributed by atoms with Crippen LogP contribution in [0.5, 0.6) is 0 Å². The molecule has 1 aliphatic heterocycles. The molecule has 4 aromatic rings. The van der Waals surface area contributed by atoms with E-state index in [4.69, 9.17) is 4.84 Å². The number of rotatable bonds is 4. The number of amides is 2. The summed E-state index contributed by atoms with van der Waals surface area (Å²) in [6, 6.07) is 14.8. The normalized spacial score (nSPS) is 15.4. The Kier molecular flexibility index (Phi) is 5.92. The number of anilines is 3. The fourth-order valence-corrected chi connectivity index (χ4v) is 4.29. The van der Waals surface area contributed by atoms with E-state index in [1.807, 2.05) is 62.4 Å². The number of urea groups is 1. The quantitative estimate of drug-likeness (QED) is 0.452. The number of carbonyl (C=O) groups is 1. The van der Waals surface area contributed by atoms with Gasteiger partial charge in [-0.05, 0) is 43.2 Å². The number of benzene rings is 2. The molecule has 5 rings (SSSR count). The molecule has 2 amide bonds. The van der Waals surface area contributed by atoms with Crippen molar-refractivity contribution in [3.05, 3.63) is 88.2 Å². The van der Waals surface area contributed by atoms with Gasteiger partial charge in [0.25, 0.3) is 5.56 Å². The lowest BCUT2D eigenvalue weighted by molar-refractivity contribution is -0.0829. The summed E-state index contributed by atoms with van der Waals surface area (Å²) < 4.78 is 1.46. The van der Waals surface area contributed by atoms with Crippen LogP contribution in [0.3, 0.4) is 0 Å².